The largest absolute Gasteiger partial charge is 0.315 e. The molecule has 6 nitrogen and oxygen atoms in total. The maximum Gasteiger partial charge on any atom is 0.314 e. The van der Waals surface area contributed by atoms with Gasteiger partial charge < -0.3 is 10.6 Å². The van der Waals surface area contributed by atoms with Crippen LogP contribution in [0.2, 0.25) is 0 Å². The lowest BCUT2D eigenvalue weighted by molar-refractivity contribution is -0.133. The number of rotatable bonds is 4. The zero-order chi connectivity index (χ0) is 18.5. The number of benzene rings is 2. The number of aromatic nitrogens is 2. The normalized spacial score (nSPS) is 10.4. The minimum Gasteiger partial charge on any atom is -0.315 e. The average molecular weight is 356 g/mol. The van der Waals surface area contributed by atoms with Crippen LogP contribution in [0.15, 0.2) is 60.9 Å². The molecule has 1 aromatic heterocycles. The van der Waals surface area contributed by atoms with E-state index in [4.69, 9.17) is 0 Å². The highest BCUT2D eigenvalue weighted by Gasteiger charge is 2.17. The Bertz CT molecular complexity index is 941. The van der Waals surface area contributed by atoms with Crippen molar-refractivity contribution in [3.8, 4) is 0 Å². The monoisotopic (exact) mass is 356 g/mol. The molecule has 26 heavy (non-hydrogen) atoms. The first-order valence-electron chi connectivity index (χ1n) is 7.65. The lowest BCUT2D eigenvalue weighted by Gasteiger charge is -2.06. The van der Waals surface area contributed by atoms with Crippen molar-refractivity contribution < 1.29 is 18.4 Å². The fraction of sp³-hybridized carbons (Fsp3) is 0.0556. The molecule has 0 aliphatic heterocycles. The second-order valence-corrected chi connectivity index (χ2v) is 5.42. The van der Waals surface area contributed by atoms with Gasteiger partial charge >= 0.3 is 11.8 Å². The summed E-state index contributed by atoms with van der Waals surface area (Å²) < 4.78 is 28.2. The zero-order valence-electron chi connectivity index (χ0n) is 13.4. The molecular formula is C18H14F2N4O2. The first kappa shape index (κ1) is 17.3. The van der Waals surface area contributed by atoms with Crippen LogP contribution in [0.25, 0.3) is 0 Å². The SMILES string of the molecule is O=C(Nc1cnn(Cc2ccccc2)c1)C(=O)Nc1cccc(F)c1F. The lowest BCUT2D eigenvalue weighted by Crippen LogP contribution is -2.29. The van der Waals surface area contributed by atoms with Crippen LogP contribution < -0.4 is 10.6 Å². The molecular weight excluding hydrogens is 342 g/mol. The van der Waals surface area contributed by atoms with Crippen LogP contribution >= 0.6 is 0 Å². The summed E-state index contributed by atoms with van der Waals surface area (Å²) in [6.07, 6.45) is 2.94. The van der Waals surface area contributed by atoms with Gasteiger partial charge in [-0.2, -0.15) is 5.10 Å². The van der Waals surface area contributed by atoms with E-state index in [0.29, 0.717) is 12.2 Å². The van der Waals surface area contributed by atoms with Crippen LogP contribution in [0.1, 0.15) is 5.56 Å². The third-order valence-corrected chi connectivity index (χ3v) is 3.48. The number of nitrogens with one attached hydrogen (secondary N) is 2. The first-order chi connectivity index (χ1) is 12.5. The third kappa shape index (κ3) is 4.10. The van der Waals surface area contributed by atoms with Gasteiger partial charge in [0.15, 0.2) is 11.6 Å². The van der Waals surface area contributed by atoms with E-state index >= 15 is 0 Å². The van der Waals surface area contributed by atoms with Crippen molar-refractivity contribution in [3.63, 3.8) is 0 Å². The van der Waals surface area contributed by atoms with Gasteiger partial charge in [-0.25, -0.2) is 8.78 Å². The summed E-state index contributed by atoms with van der Waals surface area (Å²) in [6, 6.07) is 12.8. The lowest BCUT2D eigenvalue weighted by atomic mass is 10.2. The van der Waals surface area contributed by atoms with Gasteiger partial charge in [0.05, 0.1) is 24.1 Å². The Morgan fingerprint density at radius 3 is 2.46 bits per heavy atom. The Morgan fingerprint density at radius 2 is 1.69 bits per heavy atom. The Labute approximate surface area is 147 Å². The Hall–Kier alpha value is -3.55. The fourth-order valence-electron chi connectivity index (χ4n) is 2.25. The van der Waals surface area contributed by atoms with E-state index in [0.717, 1.165) is 17.7 Å². The van der Waals surface area contributed by atoms with Crippen LogP contribution in [0.3, 0.4) is 0 Å². The number of hydrogen-bond acceptors (Lipinski definition) is 3. The van der Waals surface area contributed by atoms with E-state index in [2.05, 4.69) is 10.4 Å². The summed E-state index contributed by atoms with van der Waals surface area (Å²) >= 11 is 0. The molecule has 3 aromatic rings. The van der Waals surface area contributed by atoms with Gasteiger partial charge in [0.25, 0.3) is 0 Å². The quantitative estimate of drug-likeness (QED) is 0.706. The van der Waals surface area contributed by atoms with E-state index in [9.17, 15) is 18.4 Å². The summed E-state index contributed by atoms with van der Waals surface area (Å²) in [6.45, 7) is 0.497. The van der Waals surface area contributed by atoms with Gasteiger partial charge in [-0.05, 0) is 17.7 Å². The van der Waals surface area contributed by atoms with Crippen LogP contribution in [0.5, 0.6) is 0 Å². The predicted molar refractivity (Wildman–Crippen MR) is 91.4 cm³/mol. The summed E-state index contributed by atoms with van der Waals surface area (Å²) in [5.41, 5.74) is 0.915. The van der Waals surface area contributed by atoms with Crippen molar-refractivity contribution >= 4 is 23.2 Å². The number of hydrogen-bond donors (Lipinski definition) is 2. The van der Waals surface area contributed by atoms with E-state index in [-0.39, 0.29) is 0 Å². The van der Waals surface area contributed by atoms with Crippen molar-refractivity contribution in [2.45, 2.75) is 6.54 Å². The topological polar surface area (TPSA) is 76.0 Å². The Balaban J connectivity index is 1.61. The Morgan fingerprint density at radius 1 is 0.962 bits per heavy atom. The minimum absolute atomic E-state index is 0.306. The summed E-state index contributed by atoms with van der Waals surface area (Å²) in [5.74, 6) is -4.49. The highest BCUT2D eigenvalue weighted by molar-refractivity contribution is 6.43. The highest BCUT2D eigenvalue weighted by atomic mass is 19.2. The van der Waals surface area contributed by atoms with Crippen molar-refractivity contribution in [1.82, 2.24) is 9.78 Å². The van der Waals surface area contributed by atoms with Crippen LogP contribution in [-0.4, -0.2) is 21.6 Å². The molecule has 0 bridgehead atoms. The molecule has 3 rings (SSSR count). The molecule has 0 aliphatic rings. The molecule has 0 spiro atoms. The summed E-state index contributed by atoms with van der Waals surface area (Å²) in [7, 11) is 0. The second-order valence-electron chi connectivity index (χ2n) is 5.42. The molecule has 0 saturated carbocycles. The van der Waals surface area contributed by atoms with E-state index in [1.54, 1.807) is 10.9 Å². The van der Waals surface area contributed by atoms with Crippen molar-refractivity contribution in [2.24, 2.45) is 0 Å². The molecule has 0 unspecified atom stereocenters. The standard InChI is InChI=1S/C18H14F2N4O2/c19-14-7-4-8-15(16(14)20)23-18(26)17(25)22-13-9-21-24(11-13)10-12-5-2-1-3-6-12/h1-9,11H,10H2,(H,22,25)(H,23,26). The summed E-state index contributed by atoms with van der Waals surface area (Å²) in [4.78, 5) is 23.7. The van der Waals surface area contributed by atoms with Gasteiger partial charge in [0.1, 0.15) is 0 Å². The van der Waals surface area contributed by atoms with Crippen molar-refractivity contribution in [2.75, 3.05) is 10.6 Å². The van der Waals surface area contributed by atoms with E-state index < -0.39 is 29.1 Å². The molecule has 132 valence electrons. The van der Waals surface area contributed by atoms with Gasteiger partial charge in [-0.1, -0.05) is 36.4 Å². The molecule has 8 heteroatoms. The number of amides is 2. The first-order valence-corrected chi connectivity index (χ1v) is 7.65. The zero-order valence-corrected chi connectivity index (χ0v) is 13.4. The van der Waals surface area contributed by atoms with E-state index in [1.807, 2.05) is 35.6 Å². The third-order valence-electron chi connectivity index (χ3n) is 3.48. The van der Waals surface area contributed by atoms with Gasteiger partial charge in [-0.15, -0.1) is 0 Å². The number of carbonyl (C=O) groups excluding carboxylic acids is 2. The van der Waals surface area contributed by atoms with E-state index in [1.165, 1.54) is 12.3 Å². The molecule has 0 saturated heterocycles. The summed E-state index contributed by atoms with van der Waals surface area (Å²) in [5, 5.41) is 8.47. The molecule has 0 fully saturated rings. The fourth-order valence-corrected chi connectivity index (χ4v) is 2.25. The number of carbonyl (C=O) groups is 2. The molecule has 0 radical (unpaired) electrons. The van der Waals surface area contributed by atoms with Gasteiger partial charge in [0, 0.05) is 6.20 Å². The maximum atomic E-state index is 13.5. The molecule has 1 heterocycles. The molecule has 2 amide bonds. The van der Waals surface area contributed by atoms with Crippen molar-refractivity contribution in [3.05, 3.63) is 78.1 Å². The van der Waals surface area contributed by atoms with Crippen LogP contribution in [0, 0.1) is 11.6 Å². The van der Waals surface area contributed by atoms with Crippen LogP contribution in [-0.2, 0) is 16.1 Å². The molecule has 0 atom stereocenters. The van der Waals surface area contributed by atoms with Crippen molar-refractivity contribution in [1.29, 1.82) is 0 Å². The average Bonchev–Trinajstić information content (AvgIpc) is 3.06. The Kier molecular flexibility index (Phi) is 5.02. The number of anilines is 2. The van der Waals surface area contributed by atoms with Gasteiger partial charge in [-0.3, -0.25) is 14.3 Å². The number of halogens is 2. The maximum absolute atomic E-state index is 13.5. The molecule has 2 aromatic carbocycles. The number of nitrogens with zero attached hydrogens (tertiary/aromatic N) is 2. The molecule has 2 N–H and O–H groups in total. The molecule has 0 aliphatic carbocycles. The van der Waals surface area contributed by atoms with Gasteiger partial charge in [0.2, 0.25) is 0 Å². The highest BCUT2D eigenvalue weighted by Crippen LogP contribution is 2.16. The smallest absolute Gasteiger partial charge is 0.314 e. The van der Waals surface area contributed by atoms with Crippen LogP contribution in [0.4, 0.5) is 20.2 Å². The second kappa shape index (κ2) is 7.56. The minimum atomic E-state index is -1.23. The predicted octanol–water partition coefficient (Wildman–Crippen LogP) is 2.79.